The van der Waals surface area contributed by atoms with E-state index in [1.807, 2.05) is 0 Å². The summed E-state index contributed by atoms with van der Waals surface area (Å²) in [7, 11) is 0. The quantitative estimate of drug-likeness (QED) is 0.589. The van der Waals surface area contributed by atoms with E-state index in [4.69, 9.17) is 0 Å². The van der Waals surface area contributed by atoms with Crippen LogP contribution in [-0.2, 0) is 0 Å². The van der Waals surface area contributed by atoms with Crippen molar-refractivity contribution in [2.45, 2.75) is 31.0 Å². The molecule has 1 aliphatic heterocycles. The zero-order chi connectivity index (χ0) is 7.07. The first kappa shape index (κ1) is 9.39. The summed E-state index contributed by atoms with van der Waals surface area (Å²) in [5.74, 6) is 0. The molecule has 0 radical (unpaired) electrons. The molecule has 1 heterocycles. The van der Waals surface area contributed by atoms with Gasteiger partial charge >= 0.3 is 79.6 Å². The van der Waals surface area contributed by atoms with Gasteiger partial charge in [0.15, 0.2) is 0 Å². The van der Waals surface area contributed by atoms with E-state index in [0.29, 0.717) is 0 Å². The van der Waals surface area contributed by atoms with Crippen LogP contribution < -0.4 is 0 Å². The van der Waals surface area contributed by atoms with Gasteiger partial charge in [-0.25, -0.2) is 0 Å². The van der Waals surface area contributed by atoms with Crippen LogP contribution in [0.4, 0.5) is 0 Å². The Morgan fingerprint density at radius 2 is 2.10 bits per heavy atom. The number of rotatable bonds is 0. The van der Waals surface area contributed by atoms with E-state index in [1.54, 1.807) is 5.32 Å². The van der Waals surface area contributed by atoms with Crippen LogP contribution in [-0.4, -0.2) is 37.6 Å². The molecule has 58 valence electrons. The number of allylic oxidation sites excluding steroid dienone is 1. The maximum absolute atomic E-state index is 2.46. The average molecular weight is 333 g/mol. The van der Waals surface area contributed by atoms with E-state index in [-0.39, 0.29) is 0 Å². The van der Waals surface area contributed by atoms with E-state index in [9.17, 15) is 0 Å². The monoisotopic (exact) mass is 336 g/mol. The Kier molecular flexibility index (Phi) is 6.55. The molecule has 0 N–H and O–H groups in total. The molecule has 0 spiro atoms. The molecule has 0 bridgehead atoms. The third kappa shape index (κ3) is 5.02. The summed E-state index contributed by atoms with van der Waals surface area (Å²) < 4.78 is 0. The molecule has 0 aromatic carbocycles. The fourth-order valence-electron chi connectivity index (χ4n) is 0.792. The first-order valence-electron chi connectivity index (χ1n) is 3.60. The Morgan fingerprint density at radius 1 is 1.10 bits per heavy atom. The second kappa shape index (κ2) is 6.98. The van der Waals surface area contributed by atoms with Crippen LogP contribution >= 0.6 is 0 Å². The van der Waals surface area contributed by atoms with Gasteiger partial charge in [0.25, 0.3) is 0 Å². The molecule has 10 heavy (non-hydrogen) atoms. The Morgan fingerprint density at radius 3 is 3.10 bits per heavy atom. The van der Waals surface area contributed by atoms with Crippen molar-refractivity contribution in [3.05, 3.63) is 11.1 Å². The van der Waals surface area contributed by atoms with Crippen LogP contribution in [0.1, 0.15) is 25.7 Å². The van der Waals surface area contributed by atoms with Gasteiger partial charge in [-0.2, -0.15) is 0 Å². The van der Waals surface area contributed by atoms with Crippen molar-refractivity contribution in [2.75, 3.05) is 0 Å². The fourth-order valence-corrected chi connectivity index (χ4v) is 15.8. The molecule has 3 heteroatoms. The fraction of sp³-hybridized carbons (Fsp3) is 0.714. The van der Waals surface area contributed by atoms with Gasteiger partial charge in [-0.05, 0) is 0 Å². The van der Waals surface area contributed by atoms with Gasteiger partial charge in [0.2, 0.25) is 0 Å². The molecule has 0 aromatic rings. The molecule has 0 unspecified atom stereocenters. The average Bonchev–Trinajstić information content (AvgIpc) is 2.01. The standard InChI is InChI=1S/C7H12Se3/c1-2-4-6-8-10-9-7-5-3-1/h4,6H,1-3,5,7H2/b6-4-. The molecule has 1 aliphatic rings. The molecular formula is C7H12Se3. The Hall–Kier alpha value is 1.30. The second-order valence-electron chi connectivity index (χ2n) is 2.21. The van der Waals surface area contributed by atoms with Crippen LogP contribution in [0.5, 0.6) is 0 Å². The third-order valence-electron chi connectivity index (χ3n) is 1.34. The van der Waals surface area contributed by atoms with Crippen molar-refractivity contribution >= 4 is 37.6 Å². The Bertz CT molecular complexity index is 89.0. The third-order valence-corrected chi connectivity index (χ3v) is 18.1. The molecule has 0 aliphatic carbocycles. The maximum atomic E-state index is 2.46. The molecule has 0 saturated heterocycles. The molecule has 0 fully saturated rings. The van der Waals surface area contributed by atoms with Gasteiger partial charge in [0, 0.05) is 0 Å². The summed E-state index contributed by atoms with van der Waals surface area (Å²) in [5, 5.41) is 1.57. The predicted molar refractivity (Wildman–Crippen MR) is 49.7 cm³/mol. The molecule has 0 amide bonds. The minimum absolute atomic E-state index is 0.921. The summed E-state index contributed by atoms with van der Waals surface area (Å²) in [6, 6.07) is 0. The Labute approximate surface area is 79.2 Å². The first-order chi connectivity index (χ1) is 5.00. The zero-order valence-electron chi connectivity index (χ0n) is 5.91. The Balaban J connectivity index is 2.13. The van der Waals surface area contributed by atoms with E-state index < -0.39 is 0 Å². The zero-order valence-corrected chi connectivity index (χ0v) is 11.1. The van der Waals surface area contributed by atoms with Gasteiger partial charge in [0.1, 0.15) is 0 Å². The number of hydrogen-bond acceptors (Lipinski definition) is 0. The van der Waals surface area contributed by atoms with E-state index in [0.717, 1.165) is 37.6 Å². The summed E-state index contributed by atoms with van der Waals surface area (Å²) in [5.41, 5.74) is 0. The van der Waals surface area contributed by atoms with Crippen LogP contribution in [0.25, 0.3) is 0 Å². The van der Waals surface area contributed by atoms with Crippen molar-refractivity contribution < 1.29 is 0 Å². The van der Waals surface area contributed by atoms with Gasteiger partial charge in [-0.1, -0.05) is 0 Å². The van der Waals surface area contributed by atoms with E-state index in [1.165, 1.54) is 25.7 Å². The SMILES string of the molecule is C1=C\[Se][Se][Se]CCCCC/1. The molecule has 1 rings (SSSR count). The van der Waals surface area contributed by atoms with E-state index in [2.05, 4.69) is 11.1 Å². The summed E-state index contributed by atoms with van der Waals surface area (Å²) in [4.78, 5) is 2.46. The first-order valence-corrected chi connectivity index (χ1v) is 14.5. The second-order valence-corrected chi connectivity index (χ2v) is 18.7. The summed E-state index contributed by atoms with van der Waals surface area (Å²) >= 11 is 3.02. The van der Waals surface area contributed by atoms with E-state index >= 15 is 0 Å². The normalized spacial score (nSPS) is 25.6. The molecular weight excluding hydrogens is 321 g/mol. The van der Waals surface area contributed by atoms with Crippen LogP contribution in [0.3, 0.4) is 0 Å². The van der Waals surface area contributed by atoms with Crippen LogP contribution in [0, 0.1) is 0 Å². The predicted octanol–water partition coefficient (Wildman–Crippen LogP) is 1.43. The molecule has 0 nitrogen and oxygen atoms in total. The molecule has 0 atom stereocenters. The summed E-state index contributed by atoms with van der Waals surface area (Å²) in [6.07, 6.45) is 8.20. The van der Waals surface area contributed by atoms with Crippen molar-refractivity contribution in [3.8, 4) is 0 Å². The van der Waals surface area contributed by atoms with Crippen molar-refractivity contribution in [1.82, 2.24) is 0 Å². The van der Waals surface area contributed by atoms with Crippen molar-refractivity contribution in [1.29, 1.82) is 0 Å². The van der Waals surface area contributed by atoms with Gasteiger partial charge in [0.05, 0.1) is 0 Å². The van der Waals surface area contributed by atoms with Gasteiger partial charge < -0.3 is 0 Å². The molecule has 0 aromatic heterocycles. The van der Waals surface area contributed by atoms with Gasteiger partial charge in [-0.3, -0.25) is 0 Å². The van der Waals surface area contributed by atoms with Gasteiger partial charge in [-0.15, -0.1) is 0 Å². The van der Waals surface area contributed by atoms with Crippen molar-refractivity contribution in [3.63, 3.8) is 0 Å². The topological polar surface area (TPSA) is 0 Å². The number of hydrogen-bond donors (Lipinski definition) is 0. The van der Waals surface area contributed by atoms with Crippen LogP contribution in [0.15, 0.2) is 11.1 Å². The molecule has 0 saturated carbocycles. The minimum atomic E-state index is 0.921. The van der Waals surface area contributed by atoms with Crippen molar-refractivity contribution in [2.24, 2.45) is 0 Å². The van der Waals surface area contributed by atoms with Crippen LogP contribution in [0.2, 0.25) is 5.32 Å². The summed E-state index contributed by atoms with van der Waals surface area (Å²) in [6.45, 7) is 0.